The molecular weight excluding hydrogens is 296 g/mol. The molecule has 2 aromatic carbocycles. The molecule has 0 bridgehead atoms. The molecule has 0 aliphatic rings. The number of aromatic hydroxyl groups is 1. The number of benzene rings is 2. The van der Waals surface area contributed by atoms with Crippen molar-refractivity contribution in [2.24, 2.45) is 0 Å². The minimum Gasteiger partial charge on any atom is -0.508 e. The maximum Gasteiger partial charge on any atom is 0.120 e. The Morgan fingerprint density at radius 3 is 2.68 bits per heavy atom. The second kappa shape index (κ2) is 6.24. The number of phenolic OH excluding ortho intramolecular Hbond substituents is 1. The first-order valence-corrected chi connectivity index (χ1v) is 7.56. The minimum absolute atomic E-state index is 0.0176. The van der Waals surface area contributed by atoms with Crippen molar-refractivity contribution in [1.82, 2.24) is 9.55 Å². The van der Waals surface area contributed by atoms with Crippen LogP contribution in [0.1, 0.15) is 29.8 Å². The van der Waals surface area contributed by atoms with E-state index in [1.807, 2.05) is 37.4 Å². The molecule has 0 saturated heterocycles. The lowest BCUT2D eigenvalue weighted by atomic mass is 9.99. The van der Waals surface area contributed by atoms with Crippen molar-refractivity contribution < 1.29 is 5.11 Å². The molecule has 1 atom stereocenters. The SMILES string of the molecule is CC(c1ccc(Cl)cc1O)c1nccn1Cc1ccccc1. The van der Waals surface area contributed by atoms with E-state index >= 15 is 0 Å². The van der Waals surface area contributed by atoms with Crippen molar-refractivity contribution in [2.45, 2.75) is 19.4 Å². The summed E-state index contributed by atoms with van der Waals surface area (Å²) in [7, 11) is 0. The van der Waals surface area contributed by atoms with Gasteiger partial charge in [0.05, 0.1) is 0 Å². The third-order valence-electron chi connectivity index (χ3n) is 3.79. The highest BCUT2D eigenvalue weighted by Gasteiger charge is 2.17. The van der Waals surface area contributed by atoms with Gasteiger partial charge in [-0.15, -0.1) is 0 Å². The van der Waals surface area contributed by atoms with Gasteiger partial charge in [-0.25, -0.2) is 4.98 Å². The average Bonchev–Trinajstić information content (AvgIpc) is 2.96. The maximum absolute atomic E-state index is 10.1. The zero-order valence-corrected chi connectivity index (χ0v) is 13.0. The molecule has 3 rings (SSSR count). The number of hydrogen-bond donors (Lipinski definition) is 1. The van der Waals surface area contributed by atoms with Gasteiger partial charge in [0.2, 0.25) is 0 Å². The summed E-state index contributed by atoms with van der Waals surface area (Å²) in [6.07, 6.45) is 3.76. The Hall–Kier alpha value is -2.26. The predicted octanol–water partition coefficient (Wildman–Crippen LogP) is 4.44. The number of nitrogens with zero attached hydrogens (tertiary/aromatic N) is 2. The zero-order chi connectivity index (χ0) is 15.5. The van der Waals surface area contributed by atoms with Crippen molar-refractivity contribution >= 4 is 11.6 Å². The van der Waals surface area contributed by atoms with Crippen LogP contribution in [0.25, 0.3) is 0 Å². The molecule has 1 aromatic heterocycles. The fraction of sp³-hybridized carbons (Fsp3) is 0.167. The normalized spacial score (nSPS) is 12.3. The second-order valence-corrected chi connectivity index (χ2v) is 5.76. The fourth-order valence-corrected chi connectivity index (χ4v) is 2.80. The lowest BCUT2D eigenvalue weighted by Gasteiger charge is -2.16. The van der Waals surface area contributed by atoms with Crippen LogP contribution in [-0.2, 0) is 6.54 Å². The number of aromatic nitrogens is 2. The summed E-state index contributed by atoms with van der Waals surface area (Å²) in [6, 6.07) is 15.5. The third-order valence-corrected chi connectivity index (χ3v) is 4.02. The van der Waals surface area contributed by atoms with Gasteiger partial charge in [-0.3, -0.25) is 0 Å². The number of phenols is 1. The molecule has 1 heterocycles. The minimum atomic E-state index is -0.0176. The van der Waals surface area contributed by atoms with Gasteiger partial charge in [0.25, 0.3) is 0 Å². The highest BCUT2D eigenvalue weighted by molar-refractivity contribution is 6.30. The van der Waals surface area contributed by atoms with Crippen LogP contribution in [0.5, 0.6) is 5.75 Å². The largest absolute Gasteiger partial charge is 0.508 e. The number of imidazole rings is 1. The van der Waals surface area contributed by atoms with E-state index in [1.54, 1.807) is 18.3 Å². The van der Waals surface area contributed by atoms with Crippen LogP contribution in [0.3, 0.4) is 0 Å². The van der Waals surface area contributed by atoms with Gasteiger partial charge in [-0.1, -0.05) is 54.9 Å². The molecule has 112 valence electrons. The molecule has 0 spiro atoms. The molecule has 3 nitrogen and oxygen atoms in total. The van der Waals surface area contributed by atoms with Crippen LogP contribution >= 0.6 is 11.6 Å². The quantitative estimate of drug-likeness (QED) is 0.773. The molecule has 4 heteroatoms. The molecule has 1 N–H and O–H groups in total. The van der Waals surface area contributed by atoms with Crippen LogP contribution < -0.4 is 0 Å². The van der Waals surface area contributed by atoms with Gasteiger partial charge in [-0.05, 0) is 17.7 Å². The topological polar surface area (TPSA) is 38.1 Å². The molecule has 0 fully saturated rings. The first kappa shape index (κ1) is 14.7. The molecule has 0 amide bonds. The number of hydrogen-bond acceptors (Lipinski definition) is 2. The first-order valence-electron chi connectivity index (χ1n) is 7.18. The zero-order valence-electron chi connectivity index (χ0n) is 12.3. The van der Waals surface area contributed by atoms with Crippen molar-refractivity contribution in [3.63, 3.8) is 0 Å². The Morgan fingerprint density at radius 1 is 1.18 bits per heavy atom. The van der Waals surface area contributed by atoms with Gasteiger partial charge in [0, 0.05) is 35.4 Å². The Bertz CT molecular complexity index is 768. The van der Waals surface area contributed by atoms with E-state index in [1.165, 1.54) is 5.56 Å². The van der Waals surface area contributed by atoms with E-state index in [9.17, 15) is 5.11 Å². The fourth-order valence-electron chi connectivity index (χ4n) is 2.64. The van der Waals surface area contributed by atoms with E-state index in [4.69, 9.17) is 11.6 Å². The Labute approximate surface area is 134 Å². The Kier molecular flexibility index (Phi) is 4.16. The van der Waals surface area contributed by atoms with Crippen LogP contribution in [0.2, 0.25) is 5.02 Å². The standard InChI is InChI=1S/C18H17ClN2O/c1-13(16-8-7-15(19)11-17(16)22)18-20-9-10-21(18)12-14-5-3-2-4-6-14/h2-11,13,22H,12H2,1H3. The summed E-state index contributed by atoms with van der Waals surface area (Å²) in [4.78, 5) is 4.47. The molecule has 1 unspecified atom stereocenters. The van der Waals surface area contributed by atoms with Gasteiger partial charge in [0.15, 0.2) is 0 Å². The lowest BCUT2D eigenvalue weighted by molar-refractivity contribution is 0.464. The van der Waals surface area contributed by atoms with Crippen LogP contribution in [0.15, 0.2) is 60.9 Å². The van der Waals surface area contributed by atoms with Gasteiger partial charge >= 0.3 is 0 Å². The van der Waals surface area contributed by atoms with Crippen LogP contribution in [-0.4, -0.2) is 14.7 Å². The van der Waals surface area contributed by atoms with Crippen molar-refractivity contribution in [2.75, 3.05) is 0 Å². The molecule has 3 aromatic rings. The number of rotatable bonds is 4. The molecule has 0 aliphatic heterocycles. The molecular formula is C18H17ClN2O. The average molecular weight is 313 g/mol. The Morgan fingerprint density at radius 2 is 1.95 bits per heavy atom. The van der Waals surface area contributed by atoms with Crippen molar-refractivity contribution in [3.8, 4) is 5.75 Å². The maximum atomic E-state index is 10.1. The van der Waals surface area contributed by atoms with Crippen molar-refractivity contribution in [1.29, 1.82) is 0 Å². The lowest BCUT2D eigenvalue weighted by Crippen LogP contribution is -2.09. The molecule has 0 radical (unpaired) electrons. The van der Waals surface area contributed by atoms with Gasteiger partial charge < -0.3 is 9.67 Å². The van der Waals surface area contributed by atoms with Gasteiger partial charge in [0.1, 0.15) is 11.6 Å². The highest BCUT2D eigenvalue weighted by atomic mass is 35.5. The summed E-state index contributed by atoms with van der Waals surface area (Å²) >= 11 is 5.90. The highest BCUT2D eigenvalue weighted by Crippen LogP contribution is 2.32. The predicted molar refractivity (Wildman–Crippen MR) is 88.4 cm³/mol. The summed E-state index contributed by atoms with van der Waals surface area (Å²) < 4.78 is 2.11. The third kappa shape index (κ3) is 3.00. The summed E-state index contributed by atoms with van der Waals surface area (Å²) in [6.45, 7) is 2.79. The van der Waals surface area contributed by atoms with Crippen LogP contribution in [0.4, 0.5) is 0 Å². The molecule has 22 heavy (non-hydrogen) atoms. The summed E-state index contributed by atoms with van der Waals surface area (Å²) in [5.74, 6) is 1.10. The van der Waals surface area contributed by atoms with E-state index in [2.05, 4.69) is 21.7 Å². The van der Waals surface area contributed by atoms with E-state index in [0.29, 0.717) is 5.02 Å². The number of halogens is 1. The smallest absolute Gasteiger partial charge is 0.120 e. The van der Waals surface area contributed by atoms with Crippen LogP contribution in [0, 0.1) is 0 Å². The van der Waals surface area contributed by atoms with E-state index < -0.39 is 0 Å². The second-order valence-electron chi connectivity index (χ2n) is 5.32. The van der Waals surface area contributed by atoms with Crippen molar-refractivity contribution in [3.05, 3.63) is 82.9 Å². The molecule has 0 saturated carbocycles. The van der Waals surface area contributed by atoms with E-state index in [0.717, 1.165) is 17.9 Å². The molecule has 0 aliphatic carbocycles. The summed E-state index contributed by atoms with van der Waals surface area (Å²) in [5.41, 5.74) is 2.04. The van der Waals surface area contributed by atoms with Gasteiger partial charge in [-0.2, -0.15) is 0 Å². The van der Waals surface area contributed by atoms with E-state index in [-0.39, 0.29) is 11.7 Å². The monoisotopic (exact) mass is 312 g/mol. The summed E-state index contributed by atoms with van der Waals surface area (Å²) in [5, 5.41) is 10.6. The first-order chi connectivity index (χ1) is 10.6. The Balaban J connectivity index is 1.91.